The van der Waals surface area contributed by atoms with Crippen LogP contribution in [0.15, 0.2) is 48.5 Å². The minimum absolute atomic E-state index is 0.0545. The third-order valence-electron chi connectivity index (χ3n) is 3.50. The van der Waals surface area contributed by atoms with Crippen LogP contribution in [0.25, 0.3) is 0 Å². The molecule has 0 heterocycles. The second-order valence-corrected chi connectivity index (χ2v) is 5.66. The van der Waals surface area contributed by atoms with Gasteiger partial charge in [-0.3, -0.25) is 25.2 Å². The van der Waals surface area contributed by atoms with Gasteiger partial charge in [-0.25, -0.2) is 4.39 Å². The Morgan fingerprint density at radius 3 is 1.96 bits per heavy atom. The van der Waals surface area contributed by atoms with Gasteiger partial charge in [0.15, 0.2) is 0 Å². The number of alkyl halides is 3. The van der Waals surface area contributed by atoms with Gasteiger partial charge in [0.05, 0.1) is 18.5 Å². The molecule has 10 heteroatoms. The maximum atomic E-state index is 12.8. The maximum absolute atomic E-state index is 12.8. The maximum Gasteiger partial charge on any atom is 0.416 e. The molecule has 28 heavy (non-hydrogen) atoms. The average Bonchev–Trinajstić information content (AvgIpc) is 2.65. The Morgan fingerprint density at radius 1 is 0.821 bits per heavy atom. The lowest BCUT2D eigenvalue weighted by Crippen LogP contribution is -2.46. The van der Waals surface area contributed by atoms with Crippen LogP contribution >= 0.6 is 0 Å². The van der Waals surface area contributed by atoms with Gasteiger partial charge in [0, 0.05) is 5.56 Å². The summed E-state index contributed by atoms with van der Waals surface area (Å²) in [6.07, 6.45) is -4.61. The SMILES string of the molecule is O=C(CNC(=O)c1ccc(C(F)(F)F)cc1)NNC(=O)Cc1ccc(F)cc1. The highest BCUT2D eigenvalue weighted by molar-refractivity contribution is 5.96. The molecule has 6 nitrogen and oxygen atoms in total. The van der Waals surface area contributed by atoms with Gasteiger partial charge in [-0.05, 0) is 42.0 Å². The van der Waals surface area contributed by atoms with E-state index in [0.29, 0.717) is 5.56 Å². The Hall–Kier alpha value is -3.43. The number of rotatable bonds is 5. The van der Waals surface area contributed by atoms with Crippen LogP contribution in [0.1, 0.15) is 21.5 Å². The van der Waals surface area contributed by atoms with Crippen molar-refractivity contribution >= 4 is 17.7 Å². The quantitative estimate of drug-likeness (QED) is 0.533. The van der Waals surface area contributed by atoms with Crippen LogP contribution in [0.3, 0.4) is 0 Å². The molecular weight excluding hydrogens is 382 g/mol. The zero-order valence-corrected chi connectivity index (χ0v) is 14.3. The van der Waals surface area contributed by atoms with Crippen molar-refractivity contribution in [1.82, 2.24) is 16.2 Å². The lowest BCUT2D eigenvalue weighted by molar-refractivity contribution is -0.137. The van der Waals surface area contributed by atoms with E-state index >= 15 is 0 Å². The van der Waals surface area contributed by atoms with E-state index < -0.39 is 41.8 Å². The number of amides is 3. The first kappa shape index (κ1) is 20.9. The number of hydrogen-bond donors (Lipinski definition) is 3. The molecule has 3 amide bonds. The molecule has 0 atom stereocenters. The van der Waals surface area contributed by atoms with E-state index in [4.69, 9.17) is 0 Å². The number of carbonyl (C=O) groups excluding carboxylic acids is 3. The van der Waals surface area contributed by atoms with Crippen LogP contribution in [-0.4, -0.2) is 24.3 Å². The molecule has 0 aliphatic rings. The van der Waals surface area contributed by atoms with Crippen molar-refractivity contribution < 1.29 is 31.9 Å². The fraction of sp³-hybridized carbons (Fsp3) is 0.167. The normalized spacial score (nSPS) is 10.9. The molecule has 0 fully saturated rings. The van der Waals surface area contributed by atoms with Gasteiger partial charge in [-0.15, -0.1) is 0 Å². The fourth-order valence-corrected chi connectivity index (χ4v) is 2.09. The molecule has 2 rings (SSSR count). The van der Waals surface area contributed by atoms with Crippen LogP contribution in [0, 0.1) is 5.82 Å². The zero-order chi connectivity index (χ0) is 20.7. The summed E-state index contributed by atoms with van der Waals surface area (Å²) in [6.45, 7) is -0.503. The Morgan fingerprint density at radius 2 is 1.39 bits per heavy atom. The molecule has 0 saturated heterocycles. The Kier molecular flexibility index (Phi) is 6.69. The first-order valence-electron chi connectivity index (χ1n) is 7.93. The van der Waals surface area contributed by atoms with Crippen molar-refractivity contribution in [2.75, 3.05) is 6.54 Å². The molecular formula is C18H15F4N3O3. The third kappa shape index (κ3) is 6.38. The third-order valence-corrected chi connectivity index (χ3v) is 3.50. The van der Waals surface area contributed by atoms with Gasteiger partial charge in [0.25, 0.3) is 11.8 Å². The summed E-state index contributed by atoms with van der Waals surface area (Å²) < 4.78 is 50.2. The zero-order valence-electron chi connectivity index (χ0n) is 14.3. The molecule has 0 unspecified atom stereocenters. The fourth-order valence-electron chi connectivity index (χ4n) is 2.09. The van der Waals surface area contributed by atoms with E-state index in [-0.39, 0.29) is 12.0 Å². The predicted molar refractivity (Wildman–Crippen MR) is 90.2 cm³/mol. The van der Waals surface area contributed by atoms with Crippen molar-refractivity contribution in [2.24, 2.45) is 0 Å². The van der Waals surface area contributed by atoms with E-state index in [1.165, 1.54) is 24.3 Å². The molecule has 2 aromatic carbocycles. The highest BCUT2D eigenvalue weighted by Crippen LogP contribution is 2.29. The van der Waals surface area contributed by atoms with Gasteiger partial charge in [0.1, 0.15) is 5.82 Å². The summed E-state index contributed by atoms with van der Waals surface area (Å²) in [7, 11) is 0. The first-order chi connectivity index (χ1) is 13.1. The second kappa shape index (κ2) is 8.98. The molecule has 0 saturated carbocycles. The molecule has 0 aliphatic carbocycles. The smallest absolute Gasteiger partial charge is 0.343 e. The molecule has 0 aromatic heterocycles. The van der Waals surface area contributed by atoms with E-state index in [2.05, 4.69) is 16.2 Å². The number of halogens is 4. The van der Waals surface area contributed by atoms with Gasteiger partial charge in [-0.1, -0.05) is 12.1 Å². The highest BCUT2D eigenvalue weighted by Gasteiger charge is 2.30. The largest absolute Gasteiger partial charge is 0.416 e. The minimum atomic E-state index is -4.51. The van der Waals surface area contributed by atoms with Crippen molar-refractivity contribution in [3.63, 3.8) is 0 Å². The Labute approximate surface area is 156 Å². The molecule has 0 radical (unpaired) electrons. The Bertz CT molecular complexity index is 850. The van der Waals surface area contributed by atoms with Crippen LogP contribution < -0.4 is 16.2 Å². The second-order valence-electron chi connectivity index (χ2n) is 5.66. The molecule has 0 spiro atoms. The van der Waals surface area contributed by atoms with Crippen LogP contribution in [0.5, 0.6) is 0 Å². The van der Waals surface area contributed by atoms with Crippen molar-refractivity contribution in [3.05, 3.63) is 71.0 Å². The van der Waals surface area contributed by atoms with E-state index in [0.717, 1.165) is 24.3 Å². The molecule has 0 aliphatic heterocycles. The summed E-state index contributed by atoms with van der Waals surface area (Å²) in [4.78, 5) is 35.1. The van der Waals surface area contributed by atoms with Crippen LogP contribution in [0.2, 0.25) is 0 Å². The molecule has 3 N–H and O–H groups in total. The summed E-state index contributed by atoms with van der Waals surface area (Å²) in [6, 6.07) is 8.70. The van der Waals surface area contributed by atoms with Gasteiger partial charge in [-0.2, -0.15) is 13.2 Å². The predicted octanol–water partition coefficient (Wildman–Crippen LogP) is 1.96. The van der Waals surface area contributed by atoms with Gasteiger partial charge >= 0.3 is 6.18 Å². The van der Waals surface area contributed by atoms with Crippen molar-refractivity contribution in [3.8, 4) is 0 Å². The standard InChI is InChI=1S/C18H15F4N3O3/c19-14-7-1-11(2-8-14)9-15(26)24-25-16(27)10-23-17(28)12-3-5-13(6-4-12)18(20,21)22/h1-8H,9-10H2,(H,23,28)(H,24,26)(H,25,27). The number of benzene rings is 2. The lowest BCUT2D eigenvalue weighted by atomic mass is 10.1. The van der Waals surface area contributed by atoms with E-state index in [9.17, 15) is 31.9 Å². The molecule has 0 bridgehead atoms. The van der Waals surface area contributed by atoms with E-state index in [1.807, 2.05) is 0 Å². The molecule has 2 aromatic rings. The van der Waals surface area contributed by atoms with Gasteiger partial charge < -0.3 is 5.32 Å². The lowest BCUT2D eigenvalue weighted by Gasteiger charge is -2.09. The van der Waals surface area contributed by atoms with Crippen LogP contribution in [-0.2, 0) is 22.2 Å². The number of nitrogens with one attached hydrogen (secondary N) is 3. The average molecular weight is 397 g/mol. The minimum Gasteiger partial charge on any atom is -0.343 e. The summed E-state index contributed by atoms with van der Waals surface area (Å²) >= 11 is 0. The monoisotopic (exact) mass is 397 g/mol. The topological polar surface area (TPSA) is 87.3 Å². The van der Waals surface area contributed by atoms with Crippen molar-refractivity contribution in [2.45, 2.75) is 12.6 Å². The van der Waals surface area contributed by atoms with Gasteiger partial charge in [0.2, 0.25) is 5.91 Å². The highest BCUT2D eigenvalue weighted by atomic mass is 19.4. The molecule has 148 valence electrons. The van der Waals surface area contributed by atoms with Crippen LogP contribution in [0.4, 0.5) is 17.6 Å². The number of carbonyl (C=O) groups is 3. The van der Waals surface area contributed by atoms with Crippen molar-refractivity contribution in [1.29, 1.82) is 0 Å². The Balaban J connectivity index is 1.74. The summed E-state index contributed by atoms with van der Waals surface area (Å²) in [5, 5.41) is 2.21. The number of hydrogen-bond acceptors (Lipinski definition) is 3. The summed E-state index contributed by atoms with van der Waals surface area (Å²) in [5.74, 6) is -2.50. The number of hydrazine groups is 1. The first-order valence-corrected chi connectivity index (χ1v) is 7.93. The van der Waals surface area contributed by atoms with E-state index in [1.54, 1.807) is 0 Å². The summed E-state index contributed by atoms with van der Waals surface area (Å²) in [5.41, 5.74) is 3.78.